The van der Waals surface area contributed by atoms with Crippen LogP contribution in [0.5, 0.6) is 0 Å². The first-order valence-corrected chi connectivity index (χ1v) is 7.21. The first kappa shape index (κ1) is 13.4. The number of thiophene rings is 1. The largest absolute Gasteiger partial charge is 0.467 e. The molecular weight excluding hydrogens is 242 g/mol. The Bertz CT molecular complexity index is 479. The van der Waals surface area contributed by atoms with Gasteiger partial charge in [-0.3, -0.25) is 0 Å². The Hall–Kier alpha value is -1.06. The molecule has 2 aromatic rings. The Labute approximate surface area is 113 Å². The number of hydrogen-bond acceptors (Lipinski definition) is 3. The summed E-state index contributed by atoms with van der Waals surface area (Å²) >= 11 is 1.86. The van der Waals surface area contributed by atoms with Crippen LogP contribution < -0.4 is 5.32 Å². The molecule has 0 aromatic carbocycles. The highest BCUT2D eigenvalue weighted by molar-refractivity contribution is 7.12. The second kappa shape index (κ2) is 5.29. The van der Waals surface area contributed by atoms with Crippen LogP contribution >= 0.6 is 11.3 Å². The molecule has 0 spiro atoms. The predicted octanol–water partition coefficient (Wildman–Crippen LogP) is 4.34. The summed E-state index contributed by atoms with van der Waals surface area (Å²) in [5.74, 6) is 0.985. The van der Waals surface area contributed by atoms with Crippen LogP contribution in [0.4, 0.5) is 0 Å². The second-order valence-corrected chi connectivity index (χ2v) is 6.57. The molecule has 0 aliphatic rings. The van der Waals surface area contributed by atoms with Crippen LogP contribution in [0, 0.1) is 0 Å². The van der Waals surface area contributed by atoms with Gasteiger partial charge in [-0.05, 0) is 36.2 Å². The van der Waals surface area contributed by atoms with Gasteiger partial charge in [0.05, 0.1) is 6.26 Å². The van der Waals surface area contributed by atoms with Crippen LogP contribution in [0.15, 0.2) is 34.9 Å². The fraction of sp³-hybridized carbons (Fsp3) is 0.467. The van der Waals surface area contributed by atoms with E-state index < -0.39 is 0 Å². The number of rotatable bonds is 4. The molecule has 0 bridgehead atoms. The van der Waals surface area contributed by atoms with Crippen LogP contribution in [-0.4, -0.2) is 6.54 Å². The summed E-state index contributed by atoms with van der Waals surface area (Å²) in [6.07, 6.45) is 1.73. The molecule has 0 aliphatic heterocycles. The van der Waals surface area contributed by atoms with Crippen molar-refractivity contribution in [1.82, 2.24) is 5.32 Å². The van der Waals surface area contributed by atoms with Crippen molar-refractivity contribution in [3.05, 3.63) is 46.0 Å². The van der Waals surface area contributed by atoms with Gasteiger partial charge in [-0.15, -0.1) is 11.3 Å². The quantitative estimate of drug-likeness (QED) is 0.887. The molecule has 18 heavy (non-hydrogen) atoms. The van der Waals surface area contributed by atoms with Crippen molar-refractivity contribution < 1.29 is 4.42 Å². The molecule has 0 fully saturated rings. The second-order valence-electron chi connectivity index (χ2n) is 5.46. The van der Waals surface area contributed by atoms with Crippen molar-refractivity contribution in [3.63, 3.8) is 0 Å². The monoisotopic (exact) mass is 263 g/mol. The summed E-state index contributed by atoms with van der Waals surface area (Å²) in [7, 11) is 0. The Kier molecular flexibility index (Phi) is 3.93. The van der Waals surface area contributed by atoms with Gasteiger partial charge in [0.15, 0.2) is 0 Å². The van der Waals surface area contributed by atoms with Crippen LogP contribution in [0.3, 0.4) is 0 Å². The van der Waals surface area contributed by atoms with Crippen LogP contribution in [0.25, 0.3) is 0 Å². The first-order valence-electron chi connectivity index (χ1n) is 6.39. The van der Waals surface area contributed by atoms with Gasteiger partial charge in [0.25, 0.3) is 0 Å². The molecule has 0 radical (unpaired) electrons. The van der Waals surface area contributed by atoms with E-state index in [-0.39, 0.29) is 11.5 Å². The van der Waals surface area contributed by atoms with Crippen LogP contribution in [0.2, 0.25) is 0 Å². The minimum atomic E-state index is 0.172. The normalized spacial score (nSPS) is 13.8. The fourth-order valence-electron chi connectivity index (χ4n) is 1.91. The van der Waals surface area contributed by atoms with Gasteiger partial charge < -0.3 is 9.73 Å². The van der Waals surface area contributed by atoms with E-state index in [1.807, 2.05) is 23.5 Å². The average Bonchev–Trinajstić information content (AvgIpc) is 2.96. The lowest BCUT2D eigenvalue weighted by molar-refractivity contribution is 0.455. The van der Waals surface area contributed by atoms with Gasteiger partial charge in [-0.1, -0.05) is 27.7 Å². The highest BCUT2D eigenvalue weighted by atomic mass is 32.1. The minimum absolute atomic E-state index is 0.172. The molecular formula is C15H21NOS. The molecule has 1 atom stereocenters. The Morgan fingerprint density at radius 2 is 2.06 bits per heavy atom. The van der Waals surface area contributed by atoms with E-state index in [0.29, 0.717) is 0 Å². The summed E-state index contributed by atoms with van der Waals surface area (Å²) in [6, 6.07) is 8.59. The van der Waals surface area contributed by atoms with Crippen molar-refractivity contribution in [2.24, 2.45) is 0 Å². The summed E-state index contributed by atoms with van der Waals surface area (Å²) in [5.41, 5.74) is 0.211. The third kappa shape index (κ3) is 2.85. The number of furan rings is 1. The number of hydrogen-bond donors (Lipinski definition) is 1. The third-order valence-corrected chi connectivity index (χ3v) is 4.46. The van der Waals surface area contributed by atoms with Crippen LogP contribution in [-0.2, 0) is 5.41 Å². The van der Waals surface area contributed by atoms with Crippen molar-refractivity contribution in [2.75, 3.05) is 6.54 Å². The Morgan fingerprint density at radius 1 is 1.28 bits per heavy atom. The minimum Gasteiger partial charge on any atom is -0.467 e. The van der Waals surface area contributed by atoms with E-state index in [2.05, 4.69) is 45.1 Å². The zero-order valence-electron chi connectivity index (χ0n) is 11.5. The Morgan fingerprint density at radius 3 is 2.56 bits per heavy atom. The first-order chi connectivity index (χ1) is 8.52. The molecule has 1 unspecified atom stereocenters. The van der Waals surface area contributed by atoms with Gasteiger partial charge in [-0.2, -0.15) is 0 Å². The molecule has 2 aromatic heterocycles. The lowest BCUT2D eigenvalue weighted by Gasteiger charge is -2.17. The summed E-state index contributed by atoms with van der Waals surface area (Å²) in [4.78, 5) is 2.73. The van der Waals surface area contributed by atoms with Gasteiger partial charge in [0.1, 0.15) is 11.8 Å². The summed E-state index contributed by atoms with van der Waals surface area (Å²) in [5, 5.41) is 3.48. The van der Waals surface area contributed by atoms with Crippen molar-refractivity contribution in [1.29, 1.82) is 0 Å². The van der Waals surface area contributed by atoms with Crippen molar-refractivity contribution >= 4 is 11.3 Å². The molecule has 0 amide bonds. The van der Waals surface area contributed by atoms with E-state index in [9.17, 15) is 0 Å². The SMILES string of the molecule is CCNC(c1ccco1)c1ccc(C(C)(C)C)s1. The smallest absolute Gasteiger partial charge is 0.126 e. The third-order valence-electron chi connectivity index (χ3n) is 2.89. The zero-order chi connectivity index (χ0) is 13.2. The molecule has 2 heterocycles. The maximum Gasteiger partial charge on any atom is 0.126 e. The molecule has 2 nitrogen and oxygen atoms in total. The molecule has 98 valence electrons. The van der Waals surface area contributed by atoms with Gasteiger partial charge in [0, 0.05) is 9.75 Å². The van der Waals surface area contributed by atoms with Gasteiger partial charge >= 0.3 is 0 Å². The van der Waals surface area contributed by atoms with Crippen LogP contribution in [0.1, 0.15) is 49.3 Å². The van der Waals surface area contributed by atoms with Gasteiger partial charge in [-0.25, -0.2) is 0 Å². The van der Waals surface area contributed by atoms with E-state index in [1.54, 1.807) is 6.26 Å². The molecule has 0 aliphatic carbocycles. The topological polar surface area (TPSA) is 25.2 Å². The molecule has 0 saturated heterocycles. The average molecular weight is 263 g/mol. The predicted molar refractivity (Wildman–Crippen MR) is 77.2 cm³/mol. The molecule has 1 N–H and O–H groups in total. The van der Waals surface area contributed by atoms with Gasteiger partial charge in [0.2, 0.25) is 0 Å². The highest BCUT2D eigenvalue weighted by Gasteiger charge is 2.21. The maximum atomic E-state index is 5.54. The van der Waals surface area contributed by atoms with E-state index in [0.717, 1.165) is 12.3 Å². The van der Waals surface area contributed by atoms with E-state index in [1.165, 1.54) is 9.75 Å². The van der Waals surface area contributed by atoms with Crippen molar-refractivity contribution in [2.45, 2.75) is 39.2 Å². The maximum absolute atomic E-state index is 5.54. The molecule has 3 heteroatoms. The number of nitrogens with one attached hydrogen (secondary N) is 1. The highest BCUT2D eigenvalue weighted by Crippen LogP contribution is 2.34. The zero-order valence-corrected chi connectivity index (χ0v) is 12.3. The van der Waals surface area contributed by atoms with E-state index >= 15 is 0 Å². The fourth-order valence-corrected chi connectivity index (χ4v) is 3.06. The molecule has 2 rings (SSSR count). The van der Waals surface area contributed by atoms with E-state index in [4.69, 9.17) is 4.42 Å². The summed E-state index contributed by atoms with van der Waals surface area (Å²) in [6.45, 7) is 9.79. The lowest BCUT2D eigenvalue weighted by Crippen LogP contribution is -2.20. The summed E-state index contributed by atoms with van der Waals surface area (Å²) < 4.78 is 5.54. The lowest BCUT2D eigenvalue weighted by atomic mass is 9.95. The molecule has 0 saturated carbocycles. The Balaban J connectivity index is 2.29. The standard InChI is InChI=1S/C15H21NOS/c1-5-16-14(11-7-6-10-17-11)12-8-9-13(18-12)15(2,3)4/h6-10,14,16H,5H2,1-4H3. The van der Waals surface area contributed by atoms with Crippen molar-refractivity contribution in [3.8, 4) is 0 Å².